The number of carbonyl (C=O) groups excluding carboxylic acids is 1. The molecular formula is C33H34F3N5O3. The van der Waals surface area contributed by atoms with Gasteiger partial charge in [0.05, 0.1) is 18.0 Å². The van der Waals surface area contributed by atoms with Gasteiger partial charge in [0, 0.05) is 24.6 Å². The molecule has 2 N–H and O–H groups in total. The van der Waals surface area contributed by atoms with Crippen LogP contribution in [0.4, 0.5) is 24.8 Å². The van der Waals surface area contributed by atoms with E-state index < -0.39 is 30.1 Å². The van der Waals surface area contributed by atoms with E-state index in [1.54, 1.807) is 6.20 Å². The maximum absolute atomic E-state index is 14.6. The summed E-state index contributed by atoms with van der Waals surface area (Å²) >= 11 is 0. The van der Waals surface area contributed by atoms with E-state index in [0.717, 1.165) is 16.9 Å². The number of nitrogens with one attached hydrogen (secondary N) is 1. The van der Waals surface area contributed by atoms with Crippen LogP contribution in [0.25, 0.3) is 0 Å². The van der Waals surface area contributed by atoms with Gasteiger partial charge in [-0.1, -0.05) is 60.7 Å². The summed E-state index contributed by atoms with van der Waals surface area (Å²) in [7, 11) is 0. The highest BCUT2D eigenvalue weighted by molar-refractivity contribution is 5.97. The van der Waals surface area contributed by atoms with Crippen molar-refractivity contribution in [3.05, 3.63) is 101 Å². The minimum atomic E-state index is -4.87. The van der Waals surface area contributed by atoms with Crippen molar-refractivity contribution >= 4 is 17.5 Å². The predicted molar refractivity (Wildman–Crippen MR) is 160 cm³/mol. The summed E-state index contributed by atoms with van der Waals surface area (Å²) in [5.41, 5.74) is 1.69. The topological polar surface area (TPSA) is 92.5 Å². The minimum absolute atomic E-state index is 0.0244. The number of hydrogen-bond acceptors (Lipinski definition) is 6. The molecule has 2 aromatic carbocycles. The first-order valence-corrected chi connectivity index (χ1v) is 14.8. The van der Waals surface area contributed by atoms with Crippen molar-refractivity contribution in [2.75, 3.05) is 23.3 Å². The number of aromatic nitrogens is 3. The average molecular weight is 606 g/mol. The van der Waals surface area contributed by atoms with E-state index in [4.69, 9.17) is 9.84 Å². The molecule has 6 rings (SSSR count). The number of carbonyl (C=O) groups is 1. The molecule has 2 aromatic heterocycles. The molecule has 0 spiro atoms. The third-order valence-electron chi connectivity index (χ3n) is 8.24. The summed E-state index contributed by atoms with van der Waals surface area (Å²) in [4.78, 5) is 19.4. The number of rotatable bonds is 7. The third-order valence-corrected chi connectivity index (χ3v) is 8.24. The highest BCUT2D eigenvalue weighted by atomic mass is 19.4. The number of piperidine rings is 1. The van der Waals surface area contributed by atoms with Crippen molar-refractivity contribution in [3.8, 4) is 5.75 Å². The number of benzene rings is 2. The first-order valence-electron chi connectivity index (χ1n) is 14.8. The zero-order valence-corrected chi connectivity index (χ0v) is 24.4. The van der Waals surface area contributed by atoms with Gasteiger partial charge in [0.25, 0.3) is 5.91 Å². The van der Waals surface area contributed by atoms with Crippen LogP contribution in [0.2, 0.25) is 0 Å². The lowest BCUT2D eigenvalue weighted by Gasteiger charge is -2.34. The number of nitrogens with zero attached hydrogens (tertiary/aromatic N) is 4. The molecule has 0 aliphatic carbocycles. The molecule has 2 aliphatic heterocycles. The molecule has 11 heteroatoms. The highest BCUT2D eigenvalue weighted by Gasteiger charge is 2.54. The van der Waals surface area contributed by atoms with Gasteiger partial charge in [0.2, 0.25) is 0 Å². The van der Waals surface area contributed by atoms with Crippen LogP contribution in [0, 0.1) is 0 Å². The molecule has 4 aromatic rings. The van der Waals surface area contributed by atoms with Crippen molar-refractivity contribution in [1.29, 1.82) is 0 Å². The summed E-state index contributed by atoms with van der Waals surface area (Å²) in [6.07, 6.45) is -4.41. The monoisotopic (exact) mass is 605 g/mol. The van der Waals surface area contributed by atoms with Crippen LogP contribution in [0.15, 0.2) is 79.0 Å². The first kappa shape index (κ1) is 29.7. The molecule has 44 heavy (non-hydrogen) atoms. The molecule has 0 bridgehead atoms. The zero-order valence-electron chi connectivity index (χ0n) is 24.4. The molecule has 2 atom stereocenters. The van der Waals surface area contributed by atoms with E-state index in [1.165, 1.54) is 4.68 Å². The Hall–Kier alpha value is -4.38. The number of alkyl halides is 3. The van der Waals surface area contributed by atoms with Crippen LogP contribution in [0.1, 0.15) is 67.0 Å². The summed E-state index contributed by atoms with van der Waals surface area (Å²) in [5, 5.41) is 18.1. The van der Waals surface area contributed by atoms with Crippen LogP contribution >= 0.6 is 0 Å². The summed E-state index contributed by atoms with van der Waals surface area (Å²) in [6, 6.07) is 21.8. The Morgan fingerprint density at radius 3 is 2.09 bits per heavy atom. The molecule has 1 amide bonds. The molecule has 2 aliphatic rings. The standard InChI is InChI=1S/C33H34F3N5O3/c1-20(2)44-24-13-14-25(37-19-24)40-17-15-21(16-18-40)28-26-27(33(34,35)36)30(42)32(43)38-31(26)41(39-28)29(22-9-5-3-6-10-22)23-11-7-4-8-12-23/h3-14,19-21,27,29-30,42H,15-18H2,1-2H3,(H,38,43). The largest absolute Gasteiger partial charge is 0.489 e. The van der Waals surface area contributed by atoms with E-state index in [2.05, 4.69) is 15.2 Å². The lowest BCUT2D eigenvalue weighted by Crippen LogP contribution is -2.45. The van der Waals surface area contributed by atoms with Gasteiger partial charge in [-0.3, -0.25) is 4.79 Å². The zero-order chi connectivity index (χ0) is 31.0. The van der Waals surface area contributed by atoms with Gasteiger partial charge < -0.3 is 20.1 Å². The van der Waals surface area contributed by atoms with E-state index >= 15 is 0 Å². The molecule has 1 fully saturated rings. The fourth-order valence-corrected chi connectivity index (χ4v) is 6.26. The number of amides is 1. The molecular weight excluding hydrogens is 571 g/mol. The lowest BCUT2D eigenvalue weighted by atomic mass is 9.82. The Bertz CT molecular complexity index is 1550. The molecule has 2 unspecified atom stereocenters. The van der Waals surface area contributed by atoms with Gasteiger partial charge >= 0.3 is 6.18 Å². The van der Waals surface area contributed by atoms with Crippen LogP contribution in [0.5, 0.6) is 5.75 Å². The molecule has 0 saturated carbocycles. The van der Waals surface area contributed by atoms with Gasteiger partial charge in [-0.15, -0.1) is 0 Å². The summed E-state index contributed by atoms with van der Waals surface area (Å²) in [6.45, 7) is 4.98. The van der Waals surface area contributed by atoms with Crippen molar-refractivity contribution in [1.82, 2.24) is 14.8 Å². The number of aliphatic hydroxyl groups excluding tert-OH is 1. The summed E-state index contributed by atoms with van der Waals surface area (Å²) in [5.74, 6) is -2.42. The van der Waals surface area contributed by atoms with Gasteiger partial charge in [-0.05, 0) is 49.9 Å². The quantitative estimate of drug-likeness (QED) is 0.267. The minimum Gasteiger partial charge on any atom is -0.489 e. The second kappa shape index (κ2) is 12.0. The molecule has 230 valence electrons. The fourth-order valence-electron chi connectivity index (χ4n) is 6.26. The van der Waals surface area contributed by atoms with Crippen molar-refractivity contribution in [2.45, 2.75) is 63.0 Å². The smallest absolute Gasteiger partial charge is 0.398 e. The molecule has 4 heterocycles. The van der Waals surface area contributed by atoms with E-state index in [0.29, 0.717) is 31.7 Å². The van der Waals surface area contributed by atoms with E-state index in [1.807, 2.05) is 86.6 Å². The normalized spacial score (nSPS) is 19.3. The van der Waals surface area contributed by atoms with E-state index in [9.17, 15) is 23.1 Å². The SMILES string of the molecule is CC(C)Oc1ccc(N2CCC(c3nn(C(c4ccccc4)c4ccccc4)c4c3C(C(F)(F)F)C(O)C(=O)N4)CC2)nc1. The second-order valence-corrected chi connectivity index (χ2v) is 11.5. The maximum atomic E-state index is 14.6. The lowest BCUT2D eigenvalue weighted by molar-refractivity contribution is -0.177. The maximum Gasteiger partial charge on any atom is 0.398 e. The van der Waals surface area contributed by atoms with Gasteiger partial charge in [-0.2, -0.15) is 18.3 Å². The Morgan fingerprint density at radius 2 is 1.57 bits per heavy atom. The molecule has 8 nitrogen and oxygen atoms in total. The van der Waals surface area contributed by atoms with Crippen LogP contribution in [-0.2, 0) is 4.79 Å². The number of ether oxygens (including phenoxy) is 1. The Balaban J connectivity index is 1.40. The van der Waals surface area contributed by atoms with Crippen LogP contribution in [0.3, 0.4) is 0 Å². The van der Waals surface area contributed by atoms with Crippen LogP contribution < -0.4 is 15.0 Å². The van der Waals surface area contributed by atoms with Gasteiger partial charge in [-0.25, -0.2) is 9.67 Å². The summed E-state index contributed by atoms with van der Waals surface area (Å²) < 4.78 is 51.1. The predicted octanol–water partition coefficient (Wildman–Crippen LogP) is 6.05. The van der Waals surface area contributed by atoms with Crippen molar-refractivity contribution in [3.63, 3.8) is 0 Å². The number of aliphatic hydroxyl groups is 1. The first-order chi connectivity index (χ1) is 21.1. The van der Waals surface area contributed by atoms with Gasteiger partial charge in [0.15, 0.2) is 0 Å². The van der Waals surface area contributed by atoms with Crippen molar-refractivity contribution in [2.24, 2.45) is 0 Å². The van der Waals surface area contributed by atoms with Crippen LogP contribution in [-0.4, -0.2) is 57.3 Å². The van der Waals surface area contributed by atoms with Gasteiger partial charge in [0.1, 0.15) is 35.4 Å². The Morgan fingerprint density at radius 1 is 0.955 bits per heavy atom. The fraction of sp³-hybridized carbons (Fsp3) is 0.364. The average Bonchev–Trinajstić information content (AvgIpc) is 3.36. The number of pyridine rings is 1. The highest BCUT2D eigenvalue weighted by Crippen LogP contribution is 2.49. The Labute approximate surface area is 253 Å². The third kappa shape index (κ3) is 5.76. The number of halogens is 3. The number of hydrogen-bond donors (Lipinski definition) is 2. The number of fused-ring (bicyclic) bond motifs is 1. The molecule has 0 radical (unpaired) electrons. The van der Waals surface area contributed by atoms with Crippen molar-refractivity contribution < 1.29 is 27.8 Å². The Kier molecular flexibility index (Phi) is 8.06. The number of anilines is 2. The van der Waals surface area contributed by atoms with E-state index in [-0.39, 0.29) is 29.1 Å². The molecule has 1 saturated heterocycles. The second-order valence-electron chi connectivity index (χ2n) is 11.5.